The number of carbonyl (C=O) groups excluding carboxylic acids is 3. The van der Waals surface area contributed by atoms with Crippen molar-refractivity contribution in [2.45, 2.75) is 59.3 Å². The number of carbonyl (C=O) groups is 3. The average molecular weight is 534 g/mol. The van der Waals surface area contributed by atoms with Crippen molar-refractivity contribution in [3.63, 3.8) is 0 Å². The van der Waals surface area contributed by atoms with E-state index >= 15 is 0 Å². The van der Waals surface area contributed by atoms with Crippen molar-refractivity contribution in [1.82, 2.24) is 0 Å². The zero-order valence-electron chi connectivity index (χ0n) is 22.2. The molecule has 0 aromatic heterocycles. The zero-order chi connectivity index (χ0) is 27.2. The number of hydrogen-bond donors (Lipinski definition) is 1. The van der Waals surface area contributed by atoms with Gasteiger partial charge in [-0.15, -0.1) is 0 Å². The predicted octanol–water partition coefficient (Wildman–Crippen LogP) is 6.76. The summed E-state index contributed by atoms with van der Waals surface area (Å²) in [6.07, 6.45) is 2.03. The Kier molecular flexibility index (Phi) is 6.72. The quantitative estimate of drug-likeness (QED) is 0.459. The van der Waals surface area contributed by atoms with E-state index in [0.29, 0.717) is 64.8 Å². The fraction of sp³-hybridized carbons (Fsp3) is 0.387. The van der Waals surface area contributed by atoms with Gasteiger partial charge in [-0.2, -0.15) is 0 Å². The molecule has 1 amide bonds. The van der Waals surface area contributed by atoms with E-state index in [2.05, 4.69) is 33.0 Å². The first-order chi connectivity index (χ1) is 17.9. The Balaban J connectivity index is 1.45. The van der Waals surface area contributed by atoms with Gasteiger partial charge < -0.3 is 14.8 Å². The molecular formula is C31H32ClNO5. The monoisotopic (exact) mass is 533 g/mol. The van der Waals surface area contributed by atoms with Crippen LogP contribution in [-0.2, 0) is 19.1 Å². The molecule has 0 spiro atoms. The SMILES string of the molecule is CC1(C)CC(=O)C2=C(C1)OC1=C(C(=O)CC(C)(C)C1)C2c1ccc(OCC(=O)Nc2ccccc2)c(Cl)c1. The highest BCUT2D eigenvalue weighted by molar-refractivity contribution is 6.32. The van der Waals surface area contributed by atoms with Crippen molar-refractivity contribution in [3.8, 4) is 5.75 Å². The van der Waals surface area contributed by atoms with E-state index in [-0.39, 0.29) is 34.9 Å². The molecule has 1 N–H and O–H groups in total. The van der Waals surface area contributed by atoms with Crippen LogP contribution in [0, 0.1) is 10.8 Å². The van der Waals surface area contributed by atoms with Crippen LogP contribution in [0.4, 0.5) is 5.69 Å². The van der Waals surface area contributed by atoms with Crippen molar-refractivity contribution in [2.24, 2.45) is 10.8 Å². The van der Waals surface area contributed by atoms with Crippen LogP contribution >= 0.6 is 11.6 Å². The summed E-state index contributed by atoms with van der Waals surface area (Å²) in [4.78, 5) is 39.2. The number of anilines is 1. The van der Waals surface area contributed by atoms with Crippen LogP contribution in [0.2, 0.25) is 5.02 Å². The first kappa shape index (κ1) is 26.2. The largest absolute Gasteiger partial charge is 0.482 e. The van der Waals surface area contributed by atoms with E-state index < -0.39 is 5.92 Å². The van der Waals surface area contributed by atoms with Gasteiger partial charge in [0, 0.05) is 48.4 Å². The molecular weight excluding hydrogens is 502 g/mol. The maximum atomic E-state index is 13.4. The molecule has 5 rings (SSSR count). The van der Waals surface area contributed by atoms with Gasteiger partial charge in [0.1, 0.15) is 17.3 Å². The number of nitrogens with one attached hydrogen (secondary N) is 1. The maximum Gasteiger partial charge on any atom is 0.262 e. The third-order valence-corrected chi connectivity index (χ3v) is 7.58. The third kappa shape index (κ3) is 5.28. The molecule has 0 atom stereocenters. The molecule has 0 bridgehead atoms. The van der Waals surface area contributed by atoms with E-state index in [0.717, 1.165) is 5.56 Å². The summed E-state index contributed by atoms with van der Waals surface area (Å²) >= 11 is 6.62. The number of hydrogen-bond acceptors (Lipinski definition) is 5. The fourth-order valence-corrected chi connectivity index (χ4v) is 5.93. The predicted molar refractivity (Wildman–Crippen MR) is 146 cm³/mol. The highest BCUT2D eigenvalue weighted by atomic mass is 35.5. The van der Waals surface area contributed by atoms with Crippen LogP contribution in [0.3, 0.4) is 0 Å². The van der Waals surface area contributed by atoms with Gasteiger partial charge in [-0.05, 0) is 40.7 Å². The number of para-hydroxylation sites is 1. The van der Waals surface area contributed by atoms with Gasteiger partial charge in [0.15, 0.2) is 18.2 Å². The second-order valence-corrected chi connectivity index (χ2v) is 12.4. The fourth-order valence-electron chi connectivity index (χ4n) is 5.68. The molecule has 0 radical (unpaired) electrons. The molecule has 1 heterocycles. The standard InChI is InChI=1S/C31H32ClNO5/c1-30(2)13-21(34)28-24(15-30)38-25-16-31(3,4)14-22(35)29(25)27(28)18-10-11-23(20(32)12-18)37-17-26(36)33-19-8-6-5-7-9-19/h5-12,27H,13-17H2,1-4H3,(H,33,36). The first-order valence-electron chi connectivity index (χ1n) is 12.9. The highest BCUT2D eigenvalue weighted by Gasteiger charge is 2.47. The second-order valence-electron chi connectivity index (χ2n) is 12.0. The van der Waals surface area contributed by atoms with Gasteiger partial charge in [0.25, 0.3) is 5.91 Å². The summed E-state index contributed by atoms with van der Waals surface area (Å²) in [6, 6.07) is 14.4. The lowest BCUT2D eigenvalue weighted by molar-refractivity contribution is -0.120. The summed E-state index contributed by atoms with van der Waals surface area (Å²) in [5, 5.41) is 3.08. The Bertz CT molecular complexity index is 1330. The molecule has 6 nitrogen and oxygen atoms in total. The van der Waals surface area contributed by atoms with Gasteiger partial charge in [0.2, 0.25) is 0 Å². The van der Waals surface area contributed by atoms with Gasteiger partial charge in [0.05, 0.1) is 5.02 Å². The second kappa shape index (κ2) is 9.73. The number of ketones is 2. The lowest BCUT2D eigenvalue weighted by Crippen LogP contribution is -2.37. The Morgan fingerprint density at radius 3 is 2.05 bits per heavy atom. The van der Waals surface area contributed by atoms with Crippen molar-refractivity contribution < 1.29 is 23.9 Å². The number of Topliss-reactive ketones (excluding diaryl/α,β-unsaturated/α-hetero) is 2. The Morgan fingerprint density at radius 2 is 1.50 bits per heavy atom. The van der Waals surface area contributed by atoms with E-state index in [4.69, 9.17) is 21.1 Å². The molecule has 0 saturated carbocycles. The molecule has 198 valence electrons. The van der Waals surface area contributed by atoms with E-state index in [1.165, 1.54) is 0 Å². The summed E-state index contributed by atoms with van der Waals surface area (Å²) < 4.78 is 12.0. The molecule has 1 aliphatic heterocycles. The van der Waals surface area contributed by atoms with Gasteiger partial charge in [-0.25, -0.2) is 0 Å². The summed E-state index contributed by atoms with van der Waals surface area (Å²) in [7, 11) is 0. The molecule has 0 saturated heterocycles. The molecule has 2 aromatic carbocycles. The minimum atomic E-state index is -0.533. The third-order valence-electron chi connectivity index (χ3n) is 7.29. The first-order valence-corrected chi connectivity index (χ1v) is 13.3. The van der Waals surface area contributed by atoms with Crippen molar-refractivity contribution >= 4 is 34.8 Å². The number of ether oxygens (including phenoxy) is 2. The number of amides is 1. The number of allylic oxidation sites excluding steroid dienone is 4. The molecule has 0 fully saturated rings. The normalized spacial score (nSPS) is 20.4. The van der Waals surface area contributed by atoms with Crippen LogP contribution in [-0.4, -0.2) is 24.1 Å². The van der Waals surface area contributed by atoms with Gasteiger partial charge in [-0.1, -0.05) is 63.6 Å². The lowest BCUT2D eigenvalue weighted by Gasteiger charge is -2.42. The van der Waals surface area contributed by atoms with Crippen LogP contribution in [0.1, 0.15) is 64.9 Å². The molecule has 38 heavy (non-hydrogen) atoms. The topological polar surface area (TPSA) is 81.7 Å². The maximum absolute atomic E-state index is 13.4. The van der Waals surface area contributed by atoms with E-state index in [1.54, 1.807) is 24.3 Å². The van der Waals surface area contributed by atoms with Crippen LogP contribution in [0.5, 0.6) is 5.75 Å². The van der Waals surface area contributed by atoms with E-state index in [9.17, 15) is 14.4 Å². The number of halogens is 1. The minimum Gasteiger partial charge on any atom is -0.482 e. The molecule has 2 aromatic rings. The number of benzene rings is 2. The van der Waals surface area contributed by atoms with Gasteiger partial charge in [-0.3, -0.25) is 14.4 Å². The average Bonchev–Trinajstić information content (AvgIpc) is 2.81. The van der Waals surface area contributed by atoms with Crippen molar-refractivity contribution in [3.05, 3.63) is 81.8 Å². The lowest BCUT2D eigenvalue weighted by atomic mass is 9.65. The summed E-state index contributed by atoms with van der Waals surface area (Å²) in [5.74, 6) is 0.828. The summed E-state index contributed by atoms with van der Waals surface area (Å²) in [6.45, 7) is 8.03. The Labute approximate surface area is 228 Å². The molecule has 7 heteroatoms. The van der Waals surface area contributed by atoms with Crippen LogP contribution in [0.25, 0.3) is 0 Å². The minimum absolute atomic E-state index is 0.000495. The van der Waals surface area contributed by atoms with Gasteiger partial charge >= 0.3 is 0 Å². The van der Waals surface area contributed by atoms with E-state index in [1.807, 2.05) is 24.3 Å². The van der Waals surface area contributed by atoms with Crippen LogP contribution < -0.4 is 10.1 Å². The Morgan fingerprint density at radius 1 is 0.921 bits per heavy atom. The molecule has 0 unspecified atom stereocenters. The smallest absolute Gasteiger partial charge is 0.262 e. The zero-order valence-corrected chi connectivity index (χ0v) is 22.9. The number of rotatable bonds is 5. The van der Waals surface area contributed by atoms with Crippen LogP contribution in [0.15, 0.2) is 71.2 Å². The highest BCUT2D eigenvalue weighted by Crippen LogP contribution is 2.53. The molecule has 2 aliphatic carbocycles. The van der Waals surface area contributed by atoms with Crippen molar-refractivity contribution in [1.29, 1.82) is 0 Å². The summed E-state index contributed by atoms with van der Waals surface area (Å²) in [5.41, 5.74) is 2.09. The Hall–Kier alpha value is -3.38. The molecule has 3 aliphatic rings. The van der Waals surface area contributed by atoms with Crippen molar-refractivity contribution in [2.75, 3.05) is 11.9 Å².